The molecule has 23 heavy (non-hydrogen) atoms. The van der Waals surface area contributed by atoms with Crippen molar-refractivity contribution < 1.29 is 9.53 Å². The molecule has 118 valence electrons. The summed E-state index contributed by atoms with van der Waals surface area (Å²) < 4.78 is 9.11. The van der Waals surface area contributed by atoms with Crippen molar-refractivity contribution in [1.82, 2.24) is 24.5 Å². The summed E-state index contributed by atoms with van der Waals surface area (Å²) in [6.45, 7) is 4.06. The maximum Gasteiger partial charge on any atom is 0.358 e. The number of carbonyl (C=O) groups is 1. The van der Waals surface area contributed by atoms with Gasteiger partial charge in [0.1, 0.15) is 0 Å². The van der Waals surface area contributed by atoms with Crippen molar-refractivity contribution in [3.05, 3.63) is 47.3 Å². The number of hydrogen-bond donors (Lipinski definition) is 0. The molecule has 7 nitrogen and oxygen atoms in total. The topological polar surface area (TPSA) is 74.8 Å². The zero-order valence-corrected chi connectivity index (χ0v) is 13.1. The summed E-state index contributed by atoms with van der Waals surface area (Å²) in [6, 6.07) is 0.0630. The lowest BCUT2D eigenvalue weighted by atomic mass is 10.0. The lowest BCUT2D eigenvalue weighted by Crippen LogP contribution is -2.16. The molecule has 2 aliphatic rings. The second-order valence-electron chi connectivity index (χ2n) is 5.65. The Morgan fingerprint density at radius 3 is 3.13 bits per heavy atom. The van der Waals surface area contributed by atoms with E-state index < -0.39 is 0 Å². The van der Waals surface area contributed by atoms with Gasteiger partial charge in [-0.25, -0.2) is 14.5 Å². The van der Waals surface area contributed by atoms with Crippen LogP contribution in [0.4, 0.5) is 0 Å². The Kier molecular flexibility index (Phi) is 3.14. The van der Waals surface area contributed by atoms with Gasteiger partial charge in [-0.1, -0.05) is 17.4 Å². The number of nitrogens with zero attached hydrogens (tertiary/aromatic N) is 5. The number of carbonyl (C=O) groups excluding carboxylic acids is 1. The highest BCUT2D eigenvalue weighted by molar-refractivity contribution is 5.89. The van der Waals surface area contributed by atoms with Crippen LogP contribution in [0, 0.1) is 6.92 Å². The second kappa shape index (κ2) is 5.19. The molecule has 0 unspecified atom stereocenters. The number of fused-ring (bicyclic) bond motifs is 5. The highest BCUT2D eigenvalue weighted by Crippen LogP contribution is 2.36. The van der Waals surface area contributed by atoms with Gasteiger partial charge in [0.25, 0.3) is 0 Å². The summed E-state index contributed by atoms with van der Waals surface area (Å²) >= 11 is 0. The maximum absolute atomic E-state index is 12.2. The first-order valence-corrected chi connectivity index (χ1v) is 7.71. The minimum atomic E-state index is -0.378. The summed E-state index contributed by atoms with van der Waals surface area (Å²) in [4.78, 5) is 16.5. The molecule has 2 aromatic rings. The molecular formula is C16H17N5O2. The molecule has 1 aliphatic heterocycles. The van der Waals surface area contributed by atoms with E-state index in [1.165, 1.54) is 0 Å². The van der Waals surface area contributed by atoms with Crippen LogP contribution in [0.5, 0.6) is 0 Å². The van der Waals surface area contributed by atoms with E-state index in [1.807, 2.05) is 23.8 Å². The third kappa shape index (κ3) is 2.03. The summed E-state index contributed by atoms with van der Waals surface area (Å²) in [6.07, 6.45) is 9.30. The number of esters is 1. The van der Waals surface area contributed by atoms with Gasteiger partial charge in [0.2, 0.25) is 0 Å². The molecule has 0 fully saturated rings. The van der Waals surface area contributed by atoms with Gasteiger partial charge in [-0.15, -0.1) is 5.10 Å². The predicted octanol–water partition coefficient (Wildman–Crippen LogP) is 1.91. The summed E-state index contributed by atoms with van der Waals surface area (Å²) in [5, 5.41) is 8.49. The highest BCUT2D eigenvalue weighted by Gasteiger charge is 2.32. The summed E-state index contributed by atoms with van der Waals surface area (Å²) in [5.74, 6) is -0.378. The molecule has 0 spiro atoms. The van der Waals surface area contributed by atoms with Gasteiger partial charge >= 0.3 is 5.97 Å². The number of allylic oxidation sites excluding steroid dienone is 4. The molecule has 0 saturated carbocycles. The molecule has 7 heteroatoms. The average molecular weight is 311 g/mol. The molecule has 1 atom stereocenters. The van der Waals surface area contributed by atoms with Gasteiger partial charge in [0.05, 0.1) is 41.8 Å². The molecule has 0 saturated heterocycles. The fourth-order valence-corrected chi connectivity index (χ4v) is 3.22. The van der Waals surface area contributed by atoms with E-state index in [0.29, 0.717) is 18.7 Å². The molecule has 0 aromatic carbocycles. The van der Waals surface area contributed by atoms with Crippen molar-refractivity contribution >= 4 is 11.7 Å². The first-order valence-electron chi connectivity index (χ1n) is 7.71. The van der Waals surface area contributed by atoms with Crippen molar-refractivity contribution in [3.8, 4) is 0 Å². The van der Waals surface area contributed by atoms with Crippen molar-refractivity contribution in [2.75, 3.05) is 6.61 Å². The van der Waals surface area contributed by atoms with Crippen molar-refractivity contribution in [2.24, 2.45) is 0 Å². The van der Waals surface area contributed by atoms with Crippen LogP contribution < -0.4 is 0 Å². The number of rotatable bonds is 2. The maximum atomic E-state index is 12.2. The standard InChI is InChI=1S/C16H17N5O2/c1-3-23-16(22)15-14-8-13-10(2)18-19-21(13)12-7-5-4-6-11(12)20(14)9-17-15/h4-5,7,9,11H,3,6,8H2,1-2H3/t11-/m1/s1. The van der Waals surface area contributed by atoms with Crippen LogP contribution in [0.25, 0.3) is 5.70 Å². The van der Waals surface area contributed by atoms with Crippen molar-refractivity contribution in [3.63, 3.8) is 0 Å². The Morgan fingerprint density at radius 2 is 2.30 bits per heavy atom. The van der Waals surface area contributed by atoms with Crippen LogP contribution in [-0.2, 0) is 11.2 Å². The van der Waals surface area contributed by atoms with Crippen LogP contribution in [-0.4, -0.2) is 37.1 Å². The predicted molar refractivity (Wildman–Crippen MR) is 82.8 cm³/mol. The van der Waals surface area contributed by atoms with Gasteiger partial charge in [0.15, 0.2) is 5.69 Å². The van der Waals surface area contributed by atoms with Crippen LogP contribution in [0.3, 0.4) is 0 Å². The van der Waals surface area contributed by atoms with Crippen molar-refractivity contribution in [2.45, 2.75) is 32.7 Å². The Bertz CT molecular complexity index is 843. The monoisotopic (exact) mass is 311 g/mol. The fourth-order valence-electron chi connectivity index (χ4n) is 3.22. The van der Waals surface area contributed by atoms with E-state index in [1.54, 1.807) is 13.3 Å². The Balaban J connectivity index is 1.91. The molecule has 1 aliphatic carbocycles. The molecule has 3 heterocycles. The quantitative estimate of drug-likeness (QED) is 0.792. The number of hydrogen-bond acceptors (Lipinski definition) is 5. The second-order valence-corrected chi connectivity index (χ2v) is 5.65. The average Bonchev–Trinajstić information content (AvgIpc) is 3.09. The van der Waals surface area contributed by atoms with Crippen LogP contribution in [0.2, 0.25) is 0 Å². The lowest BCUT2D eigenvalue weighted by Gasteiger charge is -2.22. The first kappa shape index (κ1) is 13.9. The number of ether oxygens (including phenoxy) is 1. The molecule has 4 rings (SSSR count). The van der Waals surface area contributed by atoms with E-state index in [-0.39, 0.29) is 12.0 Å². The first-order chi connectivity index (χ1) is 11.2. The number of aryl methyl sites for hydroxylation is 1. The molecule has 0 N–H and O–H groups in total. The minimum absolute atomic E-state index is 0.0630. The third-order valence-electron chi connectivity index (χ3n) is 4.34. The van der Waals surface area contributed by atoms with E-state index in [9.17, 15) is 4.79 Å². The van der Waals surface area contributed by atoms with Crippen molar-refractivity contribution in [1.29, 1.82) is 0 Å². The number of aromatic nitrogens is 5. The summed E-state index contributed by atoms with van der Waals surface area (Å²) in [5.41, 5.74) is 4.15. The lowest BCUT2D eigenvalue weighted by molar-refractivity contribution is 0.0518. The van der Waals surface area contributed by atoms with Crippen LogP contribution >= 0.6 is 0 Å². The number of imidazole rings is 1. The Hall–Kier alpha value is -2.70. The zero-order valence-electron chi connectivity index (χ0n) is 13.1. The smallest absolute Gasteiger partial charge is 0.358 e. The van der Waals surface area contributed by atoms with E-state index >= 15 is 0 Å². The van der Waals surface area contributed by atoms with Gasteiger partial charge < -0.3 is 9.30 Å². The summed E-state index contributed by atoms with van der Waals surface area (Å²) in [7, 11) is 0. The molecule has 0 radical (unpaired) electrons. The third-order valence-corrected chi connectivity index (χ3v) is 4.34. The van der Waals surface area contributed by atoms with E-state index in [0.717, 1.165) is 29.2 Å². The van der Waals surface area contributed by atoms with Gasteiger partial charge in [-0.2, -0.15) is 0 Å². The van der Waals surface area contributed by atoms with E-state index in [2.05, 4.69) is 25.9 Å². The Labute approximate surface area is 133 Å². The van der Waals surface area contributed by atoms with Crippen LogP contribution in [0.15, 0.2) is 24.6 Å². The molecule has 0 bridgehead atoms. The molecule has 2 aromatic heterocycles. The van der Waals surface area contributed by atoms with Gasteiger partial charge in [-0.05, 0) is 26.3 Å². The zero-order chi connectivity index (χ0) is 16.0. The van der Waals surface area contributed by atoms with Crippen LogP contribution in [0.1, 0.15) is 47.0 Å². The SMILES string of the molecule is CCOC(=O)c1ncn2c1Cc1c(C)nnn1C1=CC=CC[C@H]12. The van der Waals surface area contributed by atoms with Gasteiger partial charge in [-0.3, -0.25) is 0 Å². The largest absolute Gasteiger partial charge is 0.461 e. The van der Waals surface area contributed by atoms with E-state index in [4.69, 9.17) is 4.74 Å². The van der Waals surface area contributed by atoms with Gasteiger partial charge in [0, 0.05) is 6.42 Å². The highest BCUT2D eigenvalue weighted by atomic mass is 16.5. The Morgan fingerprint density at radius 1 is 1.43 bits per heavy atom. The fraction of sp³-hybridized carbons (Fsp3) is 0.375. The normalized spacial score (nSPS) is 18.5. The molecule has 0 amide bonds. The minimum Gasteiger partial charge on any atom is -0.461 e. The molecular weight excluding hydrogens is 294 g/mol.